The van der Waals surface area contributed by atoms with Crippen LogP contribution >= 0.6 is 0 Å². The third-order valence-corrected chi connectivity index (χ3v) is 2.62. The van der Waals surface area contributed by atoms with Crippen LogP contribution in [-0.4, -0.2) is 7.11 Å². The van der Waals surface area contributed by atoms with Crippen molar-refractivity contribution < 1.29 is 4.74 Å². The van der Waals surface area contributed by atoms with Crippen molar-refractivity contribution in [3.05, 3.63) is 54.1 Å². The Kier molecular flexibility index (Phi) is 3.83. The zero-order chi connectivity index (χ0) is 12.8. The van der Waals surface area contributed by atoms with Crippen LogP contribution in [0.4, 0.5) is 11.4 Å². The Hall–Kier alpha value is -2.47. The minimum absolute atomic E-state index is 0.439. The van der Waals surface area contributed by atoms with Gasteiger partial charge in [-0.15, -0.1) is 0 Å². The first-order chi connectivity index (χ1) is 8.83. The highest BCUT2D eigenvalue weighted by Gasteiger charge is 2.01. The van der Waals surface area contributed by atoms with Crippen LogP contribution in [0.1, 0.15) is 5.56 Å². The largest absolute Gasteiger partial charge is 0.495 e. The molecule has 0 spiro atoms. The van der Waals surface area contributed by atoms with Gasteiger partial charge in [-0.3, -0.25) is 0 Å². The normalized spacial score (nSPS) is 9.56. The topological polar surface area (TPSA) is 45.0 Å². The van der Waals surface area contributed by atoms with Gasteiger partial charge in [0.2, 0.25) is 0 Å². The second-order valence-corrected chi connectivity index (χ2v) is 3.86. The highest BCUT2D eigenvalue weighted by molar-refractivity contribution is 5.66. The molecule has 0 fully saturated rings. The highest BCUT2D eigenvalue weighted by Crippen LogP contribution is 2.26. The van der Waals surface area contributed by atoms with E-state index < -0.39 is 0 Å². The first-order valence-corrected chi connectivity index (χ1v) is 5.69. The second kappa shape index (κ2) is 5.74. The smallest absolute Gasteiger partial charge is 0.142 e. The summed E-state index contributed by atoms with van der Waals surface area (Å²) in [6.07, 6.45) is 0.439. The second-order valence-electron chi connectivity index (χ2n) is 3.86. The predicted molar refractivity (Wildman–Crippen MR) is 72.0 cm³/mol. The molecule has 2 rings (SSSR count). The average molecular weight is 238 g/mol. The third-order valence-electron chi connectivity index (χ3n) is 2.62. The highest BCUT2D eigenvalue weighted by atomic mass is 16.5. The van der Waals surface area contributed by atoms with E-state index in [0.717, 1.165) is 22.7 Å². The summed E-state index contributed by atoms with van der Waals surface area (Å²) >= 11 is 0. The number of para-hydroxylation sites is 2. The molecule has 0 bridgehead atoms. The summed E-state index contributed by atoms with van der Waals surface area (Å²) in [7, 11) is 1.65. The number of hydrogen-bond donors (Lipinski definition) is 1. The number of hydrogen-bond acceptors (Lipinski definition) is 3. The summed E-state index contributed by atoms with van der Waals surface area (Å²) in [6.45, 7) is 0. The number of nitriles is 1. The van der Waals surface area contributed by atoms with Crippen molar-refractivity contribution in [2.75, 3.05) is 12.4 Å². The lowest BCUT2D eigenvalue weighted by atomic mass is 10.1. The van der Waals surface area contributed by atoms with Gasteiger partial charge in [0.05, 0.1) is 25.3 Å². The van der Waals surface area contributed by atoms with Gasteiger partial charge in [-0.05, 0) is 29.8 Å². The summed E-state index contributed by atoms with van der Waals surface area (Å²) in [5, 5.41) is 11.9. The maximum atomic E-state index is 8.61. The minimum atomic E-state index is 0.439. The van der Waals surface area contributed by atoms with Crippen molar-refractivity contribution >= 4 is 11.4 Å². The Balaban J connectivity index is 2.16. The molecule has 0 amide bonds. The molecule has 0 atom stereocenters. The molecule has 0 aliphatic heterocycles. The van der Waals surface area contributed by atoms with Gasteiger partial charge in [-0.2, -0.15) is 5.26 Å². The average Bonchev–Trinajstić information content (AvgIpc) is 2.42. The monoisotopic (exact) mass is 238 g/mol. The summed E-state index contributed by atoms with van der Waals surface area (Å²) in [5.74, 6) is 0.804. The van der Waals surface area contributed by atoms with Crippen molar-refractivity contribution in [1.82, 2.24) is 0 Å². The van der Waals surface area contributed by atoms with E-state index in [4.69, 9.17) is 10.00 Å². The van der Waals surface area contributed by atoms with Crippen LogP contribution in [0.15, 0.2) is 48.5 Å². The summed E-state index contributed by atoms with van der Waals surface area (Å²) in [4.78, 5) is 0. The number of nitrogens with one attached hydrogen (secondary N) is 1. The van der Waals surface area contributed by atoms with Crippen molar-refractivity contribution in [3.8, 4) is 11.8 Å². The van der Waals surface area contributed by atoms with Gasteiger partial charge in [0.15, 0.2) is 0 Å². The lowest BCUT2D eigenvalue weighted by Crippen LogP contribution is -1.94. The zero-order valence-electron chi connectivity index (χ0n) is 10.2. The van der Waals surface area contributed by atoms with Crippen LogP contribution in [0, 0.1) is 11.3 Å². The molecule has 0 unspecified atom stereocenters. The predicted octanol–water partition coefficient (Wildman–Crippen LogP) is 3.50. The summed E-state index contributed by atoms with van der Waals surface area (Å²) < 4.78 is 5.27. The minimum Gasteiger partial charge on any atom is -0.495 e. The van der Waals surface area contributed by atoms with Crippen molar-refractivity contribution in [2.24, 2.45) is 0 Å². The molecule has 0 aliphatic carbocycles. The standard InChI is InChI=1S/C15H14N2O/c1-18-15-5-3-2-4-14(15)17-13-8-6-12(7-9-13)10-11-16/h2-9,17H,10H2,1H3. The molecule has 3 nitrogen and oxygen atoms in total. The number of benzene rings is 2. The van der Waals surface area contributed by atoms with Crippen LogP contribution in [0.25, 0.3) is 0 Å². The maximum Gasteiger partial charge on any atom is 0.142 e. The Labute approximate surface area is 107 Å². The van der Waals surface area contributed by atoms with E-state index in [9.17, 15) is 0 Å². The Morgan fingerprint density at radius 1 is 1.11 bits per heavy atom. The van der Waals surface area contributed by atoms with Crippen LogP contribution in [0.5, 0.6) is 5.75 Å². The molecule has 18 heavy (non-hydrogen) atoms. The molecule has 1 N–H and O–H groups in total. The molecular weight excluding hydrogens is 224 g/mol. The van der Waals surface area contributed by atoms with Gasteiger partial charge in [0, 0.05) is 5.69 Å². The molecule has 0 heterocycles. The molecule has 2 aromatic rings. The molecule has 3 heteroatoms. The number of methoxy groups -OCH3 is 1. The van der Waals surface area contributed by atoms with Gasteiger partial charge in [-0.25, -0.2) is 0 Å². The number of anilines is 2. The lowest BCUT2D eigenvalue weighted by Gasteiger charge is -2.10. The molecule has 0 aliphatic rings. The van der Waals surface area contributed by atoms with Gasteiger partial charge < -0.3 is 10.1 Å². The summed E-state index contributed by atoms with van der Waals surface area (Å²) in [6, 6.07) is 17.7. The van der Waals surface area contributed by atoms with E-state index >= 15 is 0 Å². The maximum absolute atomic E-state index is 8.61. The van der Waals surface area contributed by atoms with Crippen LogP contribution in [-0.2, 0) is 6.42 Å². The molecule has 0 saturated carbocycles. The Morgan fingerprint density at radius 2 is 1.83 bits per heavy atom. The van der Waals surface area contributed by atoms with E-state index in [0.29, 0.717) is 6.42 Å². The molecule has 90 valence electrons. The SMILES string of the molecule is COc1ccccc1Nc1ccc(CC#N)cc1. The molecular formula is C15H14N2O. The fourth-order valence-corrected chi connectivity index (χ4v) is 1.70. The molecule has 0 radical (unpaired) electrons. The fraction of sp³-hybridized carbons (Fsp3) is 0.133. The van der Waals surface area contributed by atoms with E-state index in [-0.39, 0.29) is 0 Å². The molecule has 2 aromatic carbocycles. The number of ether oxygens (including phenoxy) is 1. The fourth-order valence-electron chi connectivity index (χ4n) is 1.70. The zero-order valence-corrected chi connectivity index (χ0v) is 10.2. The number of rotatable bonds is 4. The van der Waals surface area contributed by atoms with Crippen molar-refractivity contribution in [2.45, 2.75) is 6.42 Å². The van der Waals surface area contributed by atoms with E-state index in [2.05, 4.69) is 11.4 Å². The Bertz CT molecular complexity index is 555. The Morgan fingerprint density at radius 3 is 2.50 bits per heavy atom. The summed E-state index contributed by atoms with van der Waals surface area (Å²) in [5.41, 5.74) is 2.91. The van der Waals surface area contributed by atoms with E-state index in [1.807, 2.05) is 48.5 Å². The van der Waals surface area contributed by atoms with Crippen molar-refractivity contribution in [1.29, 1.82) is 5.26 Å². The third kappa shape index (κ3) is 2.80. The van der Waals surface area contributed by atoms with Gasteiger partial charge in [-0.1, -0.05) is 24.3 Å². The van der Waals surface area contributed by atoms with Crippen LogP contribution < -0.4 is 10.1 Å². The van der Waals surface area contributed by atoms with Crippen LogP contribution in [0.2, 0.25) is 0 Å². The van der Waals surface area contributed by atoms with Crippen molar-refractivity contribution in [3.63, 3.8) is 0 Å². The first-order valence-electron chi connectivity index (χ1n) is 5.69. The van der Waals surface area contributed by atoms with E-state index in [1.165, 1.54) is 0 Å². The van der Waals surface area contributed by atoms with Crippen LogP contribution in [0.3, 0.4) is 0 Å². The number of nitrogens with zero attached hydrogens (tertiary/aromatic N) is 1. The molecule has 0 aromatic heterocycles. The van der Waals surface area contributed by atoms with E-state index in [1.54, 1.807) is 7.11 Å². The van der Waals surface area contributed by atoms with Gasteiger partial charge in [0.25, 0.3) is 0 Å². The first kappa shape index (κ1) is 12.0. The van der Waals surface area contributed by atoms with Gasteiger partial charge in [0.1, 0.15) is 5.75 Å². The lowest BCUT2D eigenvalue weighted by molar-refractivity contribution is 0.417. The quantitative estimate of drug-likeness (QED) is 0.886. The molecule has 0 saturated heterocycles. The van der Waals surface area contributed by atoms with Gasteiger partial charge >= 0.3 is 0 Å².